The first-order valence-corrected chi connectivity index (χ1v) is 9.88. The number of thiophene rings is 1. The number of benzene rings is 2. The monoisotopic (exact) mass is 400 g/mol. The van der Waals surface area contributed by atoms with Crippen LogP contribution < -0.4 is 4.18 Å². The first-order valence-electron chi connectivity index (χ1n) is 7.59. The van der Waals surface area contributed by atoms with Crippen molar-refractivity contribution in [2.45, 2.75) is 11.8 Å². The molecule has 0 N–H and O–H groups in total. The normalized spacial score (nSPS) is 11.0. The molecule has 3 rings (SSSR count). The highest BCUT2D eigenvalue weighted by molar-refractivity contribution is 7.87. The van der Waals surface area contributed by atoms with E-state index in [9.17, 15) is 18.5 Å². The summed E-state index contributed by atoms with van der Waals surface area (Å²) in [6, 6.07) is 13.3. The van der Waals surface area contributed by atoms with Crippen LogP contribution in [0, 0.1) is 28.4 Å². The predicted octanol–water partition coefficient (Wildman–Crippen LogP) is 4.27. The summed E-state index contributed by atoms with van der Waals surface area (Å²) < 4.78 is 30.8. The Balaban J connectivity index is 2.07. The van der Waals surface area contributed by atoms with Crippen LogP contribution in [0.3, 0.4) is 0 Å². The van der Waals surface area contributed by atoms with Crippen molar-refractivity contribution in [3.63, 3.8) is 0 Å². The Hall–Kier alpha value is -3.22. The van der Waals surface area contributed by atoms with Crippen LogP contribution in [0.15, 0.2) is 58.8 Å². The molecule has 2 aromatic carbocycles. The maximum absolute atomic E-state index is 12.7. The van der Waals surface area contributed by atoms with E-state index in [0.29, 0.717) is 21.6 Å². The Labute approximate surface area is 159 Å². The van der Waals surface area contributed by atoms with Crippen LogP contribution in [0.4, 0.5) is 5.69 Å². The van der Waals surface area contributed by atoms with E-state index in [0.717, 1.165) is 0 Å². The van der Waals surface area contributed by atoms with Crippen molar-refractivity contribution in [2.24, 2.45) is 0 Å². The maximum Gasteiger partial charge on any atom is 0.339 e. The Morgan fingerprint density at radius 1 is 1.19 bits per heavy atom. The molecule has 0 fully saturated rings. The lowest BCUT2D eigenvalue weighted by molar-refractivity contribution is -0.384. The first-order chi connectivity index (χ1) is 12.8. The van der Waals surface area contributed by atoms with E-state index in [2.05, 4.69) is 0 Å². The Bertz CT molecular complexity index is 1160. The van der Waals surface area contributed by atoms with E-state index in [1.165, 1.54) is 47.7 Å². The molecule has 0 radical (unpaired) electrons. The zero-order valence-corrected chi connectivity index (χ0v) is 15.6. The number of nitro groups is 1. The third kappa shape index (κ3) is 3.81. The van der Waals surface area contributed by atoms with Gasteiger partial charge in [-0.15, -0.1) is 11.3 Å². The van der Waals surface area contributed by atoms with E-state index >= 15 is 0 Å². The quantitative estimate of drug-likeness (QED) is 0.359. The molecule has 0 aliphatic heterocycles. The molecule has 7 nitrogen and oxygen atoms in total. The van der Waals surface area contributed by atoms with E-state index in [1.54, 1.807) is 24.4 Å². The van der Waals surface area contributed by atoms with Crippen molar-refractivity contribution in [1.82, 2.24) is 0 Å². The minimum absolute atomic E-state index is 0.00758. The summed E-state index contributed by atoms with van der Waals surface area (Å²) in [6.45, 7) is 1.56. The van der Waals surface area contributed by atoms with Crippen molar-refractivity contribution in [2.75, 3.05) is 0 Å². The van der Waals surface area contributed by atoms with Gasteiger partial charge in [0.2, 0.25) is 0 Å². The summed E-state index contributed by atoms with van der Waals surface area (Å²) in [6.07, 6.45) is 0. The van der Waals surface area contributed by atoms with Crippen LogP contribution in [0.1, 0.15) is 11.1 Å². The van der Waals surface area contributed by atoms with Gasteiger partial charge in [0.1, 0.15) is 4.90 Å². The van der Waals surface area contributed by atoms with Crippen LogP contribution in [-0.2, 0) is 10.1 Å². The molecule has 27 heavy (non-hydrogen) atoms. The first kappa shape index (κ1) is 18.6. The highest BCUT2D eigenvalue weighted by Crippen LogP contribution is 2.37. The zero-order chi connectivity index (χ0) is 19.6. The fraction of sp³-hybridized carbons (Fsp3) is 0.0556. The average Bonchev–Trinajstić information content (AvgIpc) is 3.15. The molecule has 0 amide bonds. The van der Waals surface area contributed by atoms with Gasteiger partial charge in [0, 0.05) is 22.6 Å². The minimum atomic E-state index is -4.19. The van der Waals surface area contributed by atoms with Crippen LogP contribution in [-0.4, -0.2) is 13.3 Å². The SMILES string of the molecule is Cc1cc(C#N)ccc1S(=O)(=O)Oc1ccc([N+](=O)[O-])cc1-c1cccs1. The van der Waals surface area contributed by atoms with E-state index in [4.69, 9.17) is 9.44 Å². The van der Waals surface area contributed by atoms with Gasteiger partial charge in [0.15, 0.2) is 5.75 Å². The van der Waals surface area contributed by atoms with Crippen LogP contribution >= 0.6 is 11.3 Å². The number of hydrogen-bond donors (Lipinski definition) is 0. The highest BCUT2D eigenvalue weighted by Gasteiger charge is 2.23. The maximum atomic E-state index is 12.7. The molecule has 0 aliphatic carbocycles. The largest absolute Gasteiger partial charge is 0.378 e. The molecule has 9 heteroatoms. The molecule has 136 valence electrons. The number of nitro benzene ring substituents is 1. The van der Waals surface area contributed by atoms with Gasteiger partial charge in [0.05, 0.1) is 16.6 Å². The fourth-order valence-electron chi connectivity index (χ4n) is 2.49. The van der Waals surface area contributed by atoms with Crippen molar-refractivity contribution in [1.29, 1.82) is 5.26 Å². The molecule has 0 saturated carbocycles. The van der Waals surface area contributed by atoms with E-state index in [1.807, 2.05) is 6.07 Å². The molecule has 0 bridgehead atoms. The lowest BCUT2D eigenvalue weighted by Crippen LogP contribution is -2.12. The summed E-state index contributed by atoms with van der Waals surface area (Å²) >= 11 is 1.31. The molecular formula is C18H12N2O5S2. The Morgan fingerprint density at radius 2 is 1.96 bits per heavy atom. The molecule has 0 saturated heterocycles. The fourth-order valence-corrected chi connectivity index (χ4v) is 4.40. The standard InChI is InChI=1S/C18H12N2O5S2/c1-12-9-13(11-19)4-7-18(12)27(23,24)25-16-6-5-14(20(21)22)10-15(16)17-3-2-8-26-17/h2-10H,1H3. The average molecular weight is 400 g/mol. The number of nitrogens with zero attached hydrogens (tertiary/aromatic N) is 2. The van der Waals surface area contributed by atoms with Crippen molar-refractivity contribution < 1.29 is 17.5 Å². The topological polar surface area (TPSA) is 110 Å². The van der Waals surface area contributed by atoms with Crippen molar-refractivity contribution in [3.05, 3.63) is 75.2 Å². The number of aryl methyl sites for hydroxylation is 1. The molecule has 0 atom stereocenters. The predicted molar refractivity (Wildman–Crippen MR) is 100 cm³/mol. The van der Waals surface area contributed by atoms with E-state index < -0.39 is 15.0 Å². The van der Waals surface area contributed by atoms with Gasteiger partial charge in [-0.3, -0.25) is 10.1 Å². The summed E-state index contributed by atoms with van der Waals surface area (Å²) in [5, 5.41) is 21.8. The molecule has 3 aromatic rings. The summed E-state index contributed by atoms with van der Waals surface area (Å²) in [7, 11) is -4.19. The lowest BCUT2D eigenvalue weighted by atomic mass is 10.1. The van der Waals surface area contributed by atoms with Gasteiger partial charge >= 0.3 is 10.1 Å². The second-order valence-corrected chi connectivity index (χ2v) is 8.01. The molecule has 0 aliphatic rings. The third-order valence-corrected chi connectivity index (χ3v) is 6.03. The second kappa shape index (κ2) is 7.19. The number of rotatable bonds is 5. The lowest BCUT2D eigenvalue weighted by Gasteiger charge is -2.12. The Morgan fingerprint density at radius 3 is 2.56 bits per heavy atom. The summed E-state index contributed by atoms with van der Waals surface area (Å²) in [5.74, 6) is -0.00758. The van der Waals surface area contributed by atoms with Gasteiger partial charge in [0.25, 0.3) is 5.69 Å². The van der Waals surface area contributed by atoms with Crippen molar-refractivity contribution in [3.8, 4) is 22.3 Å². The number of nitriles is 1. The van der Waals surface area contributed by atoms with Gasteiger partial charge in [-0.05, 0) is 48.2 Å². The molecule has 0 spiro atoms. The smallest absolute Gasteiger partial charge is 0.339 e. The highest BCUT2D eigenvalue weighted by atomic mass is 32.2. The number of non-ortho nitro benzene ring substituents is 1. The zero-order valence-electron chi connectivity index (χ0n) is 13.9. The molecular weight excluding hydrogens is 388 g/mol. The summed E-state index contributed by atoms with van der Waals surface area (Å²) in [4.78, 5) is 11.1. The Kier molecular flexibility index (Phi) is 4.94. The number of hydrogen-bond acceptors (Lipinski definition) is 7. The van der Waals surface area contributed by atoms with Gasteiger partial charge in [-0.2, -0.15) is 13.7 Å². The van der Waals surface area contributed by atoms with Gasteiger partial charge < -0.3 is 4.18 Å². The molecule has 1 heterocycles. The second-order valence-electron chi connectivity index (χ2n) is 5.54. The summed E-state index contributed by atoms with van der Waals surface area (Å²) in [5.41, 5.74) is 0.849. The van der Waals surface area contributed by atoms with Crippen LogP contribution in [0.2, 0.25) is 0 Å². The molecule has 0 unspecified atom stereocenters. The third-order valence-electron chi connectivity index (χ3n) is 3.73. The van der Waals surface area contributed by atoms with Crippen molar-refractivity contribution >= 4 is 27.1 Å². The van der Waals surface area contributed by atoms with Gasteiger partial charge in [-0.1, -0.05) is 6.07 Å². The minimum Gasteiger partial charge on any atom is -0.378 e. The van der Waals surface area contributed by atoms with Crippen LogP contribution in [0.25, 0.3) is 10.4 Å². The molecule has 1 aromatic heterocycles. The van der Waals surface area contributed by atoms with Gasteiger partial charge in [-0.25, -0.2) is 0 Å². The van der Waals surface area contributed by atoms with E-state index in [-0.39, 0.29) is 16.3 Å². The van der Waals surface area contributed by atoms with Crippen LogP contribution in [0.5, 0.6) is 5.75 Å².